The Morgan fingerprint density at radius 2 is 2.14 bits per heavy atom. The maximum absolute atomic E-state index is 9.49. The van der Waals surface area contributed by atoms with Gasteiger partial charge in [-0.2, -0.15) is 0 Å². The number of aliphatic hydroxyl groups excluding tert-OH is 3. The lowest BCUT2D eigenvalue weighted by Crippen LogP contribution is -2.58. The summed E-state index contributed by atoms with van der Waals surface area (Å²) in [6.07, 6.45) is -3.55. The highest BCUT2D eigenvalue weighted by atomic mass is 32.1. The van der Waals surface area contributed by atoms with Crippen LogP contribution in [0.2, 0.25) is 0 Å². The van der Waals surface area contributed by atoms with Gasteiger partial charge >= 0.3 is 0 Å². The molecule has 0 radical (unpaired) electrons. The summed E-state index contributed by atoms with van der Waals surface area (Å²) >= 11 is 4.77. The first-order chi connectivity index (χ1) is 6.63. The Labute approximate surface area is 85.4 Å². The summed E-state index contributed by atoms with van der Waals surface area (Å²) in [4.78, 5) is 0. The van der Waals surface area contributed by atoms with Crippen LogP contribution in [-0.2, 0) is 9.47 Å². The van der Waals surface area contributed by atoms with Gasteiger partial charge in [-0.1, -0.05) is 0 Å². The minimum Gasteiger partial charge on any atom is -0.462 e. The van der Waals surface area contributed by atoms with Crippen molar-refractivity contribution in [3.63, 3.8) is 0 Å². The number of aliphatic hydroxyl groups is 3. The molecule has 5 atom stereocenters. The van der Waals surface area contributed by atoms with Crippen LogP contribution >= 0.6 is 12.2 Å². The summed E-state index contributed by atoms with van der Waals surface area (Å²) in [6.45, 7) is -0.275. The third-order valence-corrected chi connectivity index (χ3v) is 2.61. The van der Waals surface area contributed by atoms with Gasteiger partial charge in [-0.25, -0.2) is 0 Å². The Balaban J connectivity index is 2.16. The summed E-state index contributed by atoms with van der Waals surface area (Å²) in [5.41, 5.74) is 0. The van der Waals surface area contributed by atoms with Gasteiger partial charge in [0.2, 0.25) is 0 Å². The number of rotatable bonds is 1. The second-order valence-corrected chi connectivity index (χ2v) is 3.65. The van der Waals surface area contributed by atoms with E-state index in [0.29, 0.717) is 0 Å². The maximum atomic E-state index is 9.49. The van der Waals surface area contributed by atoms with Crippen molar-refractivity contribution in [1.82, 2.24) is 5.32 Å². The normalized spacial score (nSPS) is 46.8. The highest BCUT2D eigenvalue weighted by Crippen LogP contribution is 2.26. The zero-order valence-electron chi connectivity index (χ0n) is 7.16. The van der Waals surface area contributed by atoms with Gasteiger partial charge in [0.15, 0.2) is 12.4 Å². The molecule has 0 aromatic heterocycles. The van der Waals surface area contributed by atoms with Gasteiger partial charge in [0, 0.05) is 0 Å². The van der Waals surface area contributed by atoms with Gasteiger partial charge in [0.05, 0.1) is 12.6 Å². The van der Waals surface area contributed by atoms with Crippen molar-refractivity contribution in [2.45, 2.75) is 30.6 Å². The molecule has 14 heavy (non-hydrogen) atoms. The molecule has 0 saturated carbocycles. The number of fused-ring (bicyclic) bond motifs is 1. The minimum atomic E-state index is -1.27. The largest absolute Gasteiger partial charge is 0.462 e. The van der Waals surface area contributed by atoms with E-state index in [2.05, 4.69) is 5.32 Å². The lowest BCUT2D eigenvalue weighted by Gasteiger charge is -2.33. The van der Waals surface area contributed by atoms with Crippen LogP contribution in [0.4, 0.5) is 0 Å². The molecule has 2 aliphatic heterocycles. The molecular formula is C7H11NO5S. The van der Waals surface area contributed by atoms with Crippen LogP contribution in [0.25, 0.3) is 0 Å². The first kappa shape index (κ1) is 10.1. The van der Waals surface area contributed by atoms with E-state index >= 15 is 0 Å². The molecule has 6 nitrogen and oxygen atoms in total. The first-order valence-corrected chi connectivity index (χ1v) is 4.64. The summed E-state index contributed by atoms with van der Waals surface area (Å²) in [7, 11) is 0. The number of nitrogens with one attached hydrogen (secondary N) is 1. The highest BCUT2D eigenvalue weighted by molar-refractivity contribution is 7.80. The van der Waals surface area contributed by atoms with Gasteiger partial charge in [-0.15, -0.1) is 0 Å². The maximum Gasteiger partial charge on any atom is 0.257 e. The fourth-order valence-electron chi connectivity index (χ4n) is 1.70. The Morgan fingerprint density at radius 3 is 2.79 bits per heavy atom. The van der Waals surface area contributed by atoms with Crippen LogP contribution in [0.1, 0.15) is 0 Å². The van der Waals surface area contributed by atoms with E-state index in [1.165, 1.54) is 0 Å². The summed E-state index contributed by atoms with van der Waals surface area (Å²) < 4.78 is 10.1. The molecule has 0 amide bonds. The molecule has 0 spiro atoms. The summed E-state index contributed by atoms with van der Waals surface area (Å²) in [5.74, 6) is 0. The van der Waals surface area contributed by atoms with E-state index in [9.17, 15) is 10.2 Å². The van der Waals surface area contributed by atoms with Gasteiger partial charge in [-0.05, 0) is 12.2 Å². The van der Waals surface area contributed by atoms with Crippen molar-refractivity contribution in [3.8, 4) is 0 Å². The van der Waals surface area contributed by atoms with Crippen LogP contribution in [0.15, 0.2) is 0 Å². The SMILES string of the molecule is OC[C@H]1OC(=S)N[C@H]2[C@@H]1OC(O)[C@@H]2O. The smallest absolute Gasteiger partial charge is 0.257 e. The fraction of sp³-hybridized carbons (Fsp3) is 0.857. The van der Waals surface area contributed by atoms with E-state index in [0.717, 1.165) is 0 Å². The van der Waals surface area contributed by atoms with Crippen molar-refractivity contribution in [1.29, 1.82) is 0 Å². The van der Waals surface area contributed by atoms with Crippen molar-refractivity contribution in [2.24, 2.45) is 0 Å². The zero-order chi connectivity index (χ0) is 10.3. The van der Waals surface area contributed by atoms with Crippen LogP contribution < -0.4 is 5.32 Å². The predicted molar refractivity (Wildman–Crippen MR) is 48.4 cm³/mol. The number of thiocarbonyl (C=S) groups is 1. The molecule has 4 N–H and O–H groups in total. The minimum absolute atomic E-state index is 0.0991. The van der Waals surface area contributed by atoms with Crippen molar-refractivity contribution in [2.75, 3.05) is 6.61 Å². The average molecular weight is 221 g/mol. The van der Waals surface area contributed by atoms with E-state index in [1.54, 1.807) is 0 Å². The van der Waals surface area contributed by atoms with E-state index < -0.39 is 30.6 Å². The molecule has 0 aromatic rings. The molecule has 1 unspecified atom stereocenters. The standard InChI is InChI=1S/C7H11NO5S/c9-1-2-5-3(8-7(14)12-2)4(10)6(11)13-5/h2-6,9-11H,1H2,(H,8,14)/t2-,3-,4-,5-,6?/m1/s1. The molecule has 0 aromatic carbocycles. The predicted octanol–water partition coefficient (Wildman–Crippen LogP) is -2.30. The molecule has 2 rings (SSSR count). The van der Waals surface area contributed by atoms with Crippen LogP contribution in [0, 0.1) is 0 Å². The van der Waals surface area contributed by atoms with Gasteiger partial charge < -0.3 is 30.1 Å². The number of hydrogen-bond acceptors (Lipinski definition) is 6. The molecule has 2 saturated heterocycles. The Kier molecular flexibility index (Phi) is 2.58. The molecule has 7 heteroatoms. The van der Waals surface area contributed by atoms with E-state index in [1.807, 2.05) is 0 Å². The van der Waals surface area contributed by atoms with Crippen molar-refractivity contribution in [3.05, 3.63) is 0 Å². The van der Waals surface area contributed by atoms with Gasteiger partial charge in [0.25, 0.3) is 5.17 Å². The summed E-state index contributed by atoms with van der Waals surface area (Å²) in [5, 5.41) is 30.5. The van der Waals surface area contributed by atoms with Crippen LogP contribution in [-0.4, -0.2) is 57.7 Å². The highest BCUT2D eigenvalue weighted by Gasteiger charge is 2.50. The molecule has 0 bridgehead atoms. The van der Waals surface area contributed by atoms with E-state index in [-0.39, 0.29) is 11.8 Å². The second kappa shape index (κ2) is 3.59. The second-order valence-electron chi connectivity index (χ2n) is 3.28. The summed E-state index contributed by atoms with van der Waals surface area (Å²) in [6, 6.07) is -0.525. The third kappa shape index (κ3) is 1.47. The average Bonchev–Trinajstić information content (AvgIpc) is 2.43. The monoisotopic (exact) mass is 221 g/mol. The van der Waals surface area contributed by atoms with Crippen LogP contribution in [0.3, 0.4) is 0 Å². The molecule has 2 fully saturated rings. The molecule has 0 aliphatic carbocycles. The van der Waals surface area contributed by atoms with E-state index in [4.69, 9.17) is 26.8 Å². The number of hydrogen-bond donors (Lipinski definition) is 4. The molecule has 2 heterocycles. The first-order valence-electron chi connectivity index (χ1n) is 4.23. The lowest BCUT2D eigenvalue weighted by atomic mass is 10.0. The Bertz CT molecular complexity index is 250. The van der Waals surface area contributed by atoms with Gasteiger partial charge in [-0.3, -0.25) is 0 Å². The number of ether oxygens (including phenoxy) is 2. The Hall–Kier alpha value is -0.470. The molecule has 80 valence electrons. The lowest BCUT2D eigenvalue weighted by molar-refractivity contribution is -0.148. The quantitative estimate of drug-likeness (QED) is 0.370. The van der Waals surface area contributed by atoms with Gasteiger partial charge in [0.1, 0.15) is 12.2 Å². The Morgan fingerprint density at radius 1 is 1.43 bits per heavy atom. The van der Waals surface area contributed by atoms with Crippen molar-refractivity contribution >= 4 is 17.4 Å². The fourth-order valence-corrected chi connectivity index (χ4v) is 1.96. The zero-order valence-corrected chi connectivity index (χ0v) is 7.98. The van der Waals surface area contributed by atoms with Crippen molar-refractivity contribution < 1.29 is 24.8 Å². The van der Waals surface area contributed by atoms with Crippen LogP contribution in [0.5, 0.6) is 0 Å². The molecule has 2 aliphatic rings. The topological polar surface area (TPSA) is 91.2 Å². The third-order valence-electron chi connectivity index (χ3n) is 2.40. The molecular weight excluding hydrogens is 210 g/mol.